The second-order valence-corrected chi connectivity index (χ2v) is 32.5. The summed E-state index contributed by atoms with van der Waals surface area (Å²) < 4.78 is 8.78. The first-order valence-corrected chi connectivity index (χ1v) is 36.6. The Balaban J connectivity index is 0.847. The minimum Gasteiger partial charge on any atom is -0.494 e. The van der Waals surface area contributed by atoms with Crippen molar-refractivity contribution >= 4 is 65.2 Å². The molecule has 94 heavy (non-hydrogen) atoms. The lowest BCUT2D eigenvalue weighted by atomic mass is 9.69. The summed E-state index contributed by atoms with van der Waals surface area (Å²) in [6, 6.07) is 106. The molecule has 0 saturated carbocycles. The molecule has 0 bridgehead atoms. The molecule has 0 radical (unpaired) electrons. The van der Waals surface area contributed by atoms with Crippen LogP contribution < -0.4 is 9.64 Å². The van der Waals surface area contributed by atoms with Gasteiger partial charge < -0.3 is 14.2 Å². The van der Waals surface area contributed by atoms with Gasteiger partial charge in [-0.3, -0.25) is 0 Å². The Labute approximate surface area is 557 Å². The summed E-state index contributed by atoms with van der Waals surface area (Å²) in [7, 11) is -1.68. The van der Waals surface area contributed by atoms with Gasteiger partial charge in [-0.1, -0.05) is 278 Å². The van der Waals surface area contributed by atoms with Gasteiger partial charge in [0.05, 0.1) is 25.7 Å². The SMILES string of the molecule is C=Cc1ccc(OCC[Si](C)(C)CCCC2(c3ccccc3)c3ccccc3-c3ccc(N(c4ccc(-c5ccc(C(C)(C)C)cc5)cc4)c4ccc(-c5ccc6c(c5)c5cc(-c7ccc(C=C)cc7)ccc5n6-c5ccc(-c6ccc(C=C)cc6)cc5)cc4)cc32)cc1. The fraction of sp³-hybridized carbons (Fsp3) is 0.133. The van der Waals surface area contributed by atoms with E-state index in [9.17, 15) is 0 Å². The third-order valence-electron chi connectivity index (χ3n) is 19.8. The smallest absolute Gasteiger partial charge is 0.119 e. The minimum atomic E-state index is -1.68. The van der Waals surface area contributed by atoms with Crippen LogP contribution in [0.1, 0.15) is 72.6 Å². The molecule has 13 aromatic rings. The van der Waals surface area contributed by atoms with Crippen molar-refractivity contribution in [1.29, 1.82) is 0 Å². The first-order chi connectivity index (χ1) is 45.8. The normalized spacial score (nSPS) is 13.5. The average molecular weight is 1230 g/mol. The largest absolute Gasteiger partial charge is 0.494 e. The Morgan fingerprint density at radius 1 is 0.426 bits per heavy atom. The van der Waals surface area contributed by atoms with E-state index in [1.807, 2.05) is 18.2 Å². The van der Waals surface area contributed by atoms with E-state index >= 15 is 0 Å². The second kappa shape index (κ2) is 25.5. The van der Waals surface area contributed by atoms with Crippen molar-refractivity contribution in [2.45, 2.75) is 69.6 Å². The summed E-state index contributed by atoms with van der Waals surface area (Å²) in [6.45, 7) is 24.5. The number of rotatable bonds is 20. The molecule has 12 aromatic carbocycles. The van der Waals surface area contributed by atoms with Gasteiger partial charge in [-0.2, -0.15) is 0 Å². The third kappa shape index (κ3) is 11.9. The van der Waals surface area contributed by atoms with Gasteiger partial charge in [0.2, 0.25) is 0 Å². The topological polar surface area (TPSA) is 17.4 Å². The average Bonchev–Trinajstić information content (AvgIpc) is 1.55. The van der Waals surface area contributed by atoms with Crippen molar-refractivity contribution in [3.05, 3.63) is 338 Å². The number of benzene rings is 12. The molecule has 14 rings (SSSR count). The van der Waals surface area contributed by atoms with Gasteiger partial charge in [0.25, 0.3) is 0 Å². The summed E-state index contributed by atoms with van der Waals surface area (Å²) in [4.78, 5) is 2.47. The van der Waals surface area contributed by atoms with Crippen LogP contribution in [-0.2, 0) is 10.8 Å². The van der Waals surface area contributed by atoms with Crippen molar-refractivity contribution < 1.29 is 4.74 Å². The monoisotopic (exact) mass is 1230 g/mol. The van der Waals surface area contributed by atoms with E-state index in [4.69, 9.17) is 4.74 Å². The Morgan fingerprint density at radius 3 is 1.38 bits per heavy atom. The first kappa shape index (κ1) is 61.0. The molecule has 4 heteroatoms. The van der Waals surface area contributed by atoms with E-state index < -0.39 is 8.07 Å². The van der Waals surface area contributed by atoms with Gasteiger partial charge >= 0.3 is 0 Å². The van der Waals surface area contributed by atoms with Crippen LogP contribution in [0.5, 0.6) is 5.75 Å². The highest BCUT2D eigenvalue weighted by molar-refractivity contribution is 6.77. The number of fused-ring (bicyclic) bond motifs is 6. The van der Waals surface area contributed by atoms with Crippen LogP contribution in [-0.4, -0.2) is 19.2 Å². The van der Waals surface area contributed by atoms with Crippen molar-refractivity contribution in [1.82, 2.24) is 4.57 Å². The molecule has 1 aliphatic rings. The van der Waals surface area contributed by atoms with Crippen LogP contribution in [0.25, 0.3) is 101 Å². The second-order valence-electron chi connectivity index (χ2n) is 27.2. The number of ether oxygens (including phenoxy) is 1. The van der Waals surface area contributed by atoms with Crippen LogP contribution in [0.2, 0.25) is 25.2 Å². The summed E-state index contributed by atoms with van der Waals surface area (Å²) in [5, 5.41) is 2.40. The number of hydrogen-bond acceptors (Lipinski definition) is 2. The molecule has 3 nitrogen and oxygen atoms in total. The third-order valence-corrected chi connectivity index (χ3v) is 23.0. The lowest BCUT2D eigenvalue weighted by molar-refractivity contribution is 0.338. The molecular weight excluding hydrogens is 1150 g/mol. The van der Waals surface area contributed by atoms with E-state index in [0.717, 1.165) is 92.8 Å². The number of anilines is 3. The van der Waals surface area contributed by atoms with Gasteiger partial charge in [0.1, 0.15) is 5.75 Å². The first-order valence-electron chi connectivity index (χ1n) is 33.2. The van der Waals surface area contributed by atoms with E-state index in [1.54, 1.807) is 0 Å². The quantitative estimate of drug-likeness (QED) is 0.0708. The maximum atomic E-state index is 6.36. The molecule has 0 saturated heterocycles. The van der Waals surface area contributed by atoms with E-state index in [1.165, 1.54) is 83.6 Å². The number of hydrogen-bond donors (Lipinski definition) is 0. The molecule has 1 atom stereocenters. The highest BCUT2D eigenvalue weighted by Crippen LogP contribution is 2.57. The molecule has 1 unspecified atom stereocenters. The molecule has 0 fully saturated rings. The Hall–Kier alpha value is -10.5. The summed E-state index contributed by atoms with van der Waals surface area (Å²) in [5.74, 6) is 0.921. The molecule has 0 N–H and O–H groups in total. The Bertz CT molecular complexity index is 4900. The Kier molecular flexibility index (Phi) is 16.6. The summed E-state index contributed by atoms with van der Waals surface area (Å²) in [5.41, 5.74) is 27.2. The lowest BCUT2D eigenvalue weighted by Gasteiger charge is -2.35. The number of nitrogens with zero attached hydrogens (tertiary/aromatic N) is 2. The zero-order chi connectivity index (χ0) is 64.6. The van der Waals surface area contributed by atoms with Gasteiger partial charge in [0, 0.05) is 38.9 Å². The van der Waals surface area contributed by atoms with Crippen LogP contribution in [0, 0.1) is 0 Å². The van der Waals surface area contributed by atoms with Crippen molar-refractivity contribution in [2.75, 3.05) is 11.5 Å². The highest BCUT2D eigenvalue weighted by atomic mass is 28.3. The zero-order valence-corrected chi connectivity index (χ0v) is 55.7. The van der Waals surface area contributed by atoms with Gasteiger partial charge in [0.15, 0.2) is 0 Å². The maximum Gasteiger partial charge on any atom is 0.119 e. The molecule has 1 aromatic heterocycles. The Morgan fingerprint density at radius 2 is 0.862 bits per heavy atom. The molecule has 0 spiro atoms. The maximum absolute atomic E-state index is 6.36. The molecule has 1 heterocycles. The van der Waals surface area contributed by atoms with Gasteiger partial charge in [-0.25, -0.2) is 0 Å². The highest BCUT2D eigenvalue weighted by Gasteiger charge is 2.45. The fourth-order valence-corrected chi connectivity index (χ4v) is 16.4. The summed E-state index contributed by atoms with van der Waals surface area (Å²) >= 11 is 0. The van der Waals surface area contributed by atoms with E-state index in [0.29, 0.717) is 0 Å². The molecule has 0 amide bonds. The molecule has 460 valence electrons. The zero-order valence-electron chi connectivity index (χ0n) is 54.7. The van der Waals surface area contributed by atoms with Crippen molar-refractivity contribution in [3.8, 4) is 67.1 Å². The fourth-order valence-electron chi connectivity index (χ4n) is 14.3. The molecule has 1 aliphatic carbocycles. The van der Waals surface area contributed by atoms with Gasteiger partial charge in [-0.15, -0.1) is 0 Å². The molecule has 0 aliphatic heterocycles. The van der Waals surface area contributed by atoms with Crippen LogP contribution in [0.3, 0.4) is 0 Å². The van der Waals surface area contributed by atoms with Crippen molar-refractivity contribution in [2.24, 2.45) is 0 Å². The standard InChI is InChI=1S/C90H80N2OSi/c1-9-63-22-28-66(29-23-63)68-36-48-78(49-37-68)92-87-54-40-72(70-30-24-64(10-2)25-31-70)60-83(87)84-61-73(41-55-88(84)92)71-38-46-77(47-39-71)91(76-44-34-69(35-45-76)67-32-42-74(43-33-67)89(4,5)6)79-50-53-82-81-20-15-16-21-85(81)90(86(82)62-79,75-18-13-12-14-19-75)56-17-58-94(7,8)59-57-93-80-51-26-65(11-3)27-52-80/h9-16,18-55,60-62H,1-3,17,56-59H2,4-8H3. The summed E-state index contributed by atoms with van der Waals surface area (Å²) in [6.07, 6.45) is 7.75. The predicted octanol–water partition coefficient (Wildman–Crippen LogP) is 25.0. The molecular formula is C90H80N2OSi. The van der Waals surface area contributed by atoms with Crippen LogP contribution in [0.15, 0.2) is 299 Å². The van der Waals surface area contributed by atoms with Crippen LogP contribution >= 0.6 is 0 Å². The lowest BCUT2D eigenvalue weighted by Crippen LogP contribution is -2.31. The minimum absolute atomic E-state index is 0.0751. The van der Waals surface area contributed by atoms with Crippen molar-refractivity contribution in [3.63, 3.8) is 0 Å². The predicted molar refractivity (Wildman–Crippen MR) is 406 cm³/mol. The number of aromatic nitrogens is 1. The van der Waals surface area contributed by atoms with E-state index in [2.05, 4.69) is 342 Å². The van der Waals surface area contributed by atoms with E-state index in [-0.39, 0.29) is 10.8 Å². The van der Waals surface area contributed by atoms with Gasteiger partial charge in [-0.05, 0) is 197 Å². The van der Waals surface area contributed by atoms with Crippen LogP contribution in [0.4, 0.5) is 17.1 Å².